The molecule has 4 rings (SSSR count). The van der Waals surface area contributed by atoms with Gasteiger partial charge in [-0.3, -0.25) is 9.58 Å². The standard InChI is InChI=1S/C19H24F2N4O2/c1-11(26)7-25-18-9-24(8-12(18)6-23-25)14-5-17(22)19(27-10-14)15-4-13(20)2-3-16(15)21/h2-4,6,11,14,17,19,26H,5,7-10,22H2,1H3/t11-,14-,17+,19-/m1/s1. The third kappa shape index (κ3) is 3.62. The van der Waals surface area contributed by atoms with E-state index in [4.69, 9.17) is 10.5 Å². The lowest BCUT2D eigenvalue weighted by molar-refractivity contribution is -0.0535. The first-order valence-corrected chi connectivity index (χ1v) is 9.20. The first-order chi connectivity index (χ1) is 12.9. The summed E-state index contributed by atoms with van der Waals surface area (Å²) < 4.78 is 35.3. The number of ether oxygens (including phenoxy) is 1. The number of hydrogen-bond acceptors (Lipinski definition) is 5. The average molecular weight is 378 g/mol. The molecule has 2 aromatic rings. The lowest BCUT2D eigenvalue weighted by Gasteiger charge is -2.38. The van der Waals surface area contributed by atoms with Gasteiger partial charge in [-0.2, -0.15) is 5.10 Å². The molecule has 146 valence electrons. The Morgan fingerprint density at radius 2 is 2.19 bits per heavy atom. The Hall–Kier alpha value is -1.87. The van der Waals surface area contributed by atoms with Crippen molar-refractivity contribution in [1.29, 1.82) is 0 Å². The zero-order valence-electron chi connectivity index (χ0n) is 15.2. The van der Waals surface area contributed by atoms with Crippen LogP contribution in [0.4, 0.5) is 8.78 Å². The largest absolute Gasteiger partial charge is 0.391 e. The van der Waals surface area contributed by atoms with Crippen molar-refractivity contribution in [1.82, 2.24) is 14.7 Å². The van der Waals surface area contributed by atoms with E-state index >= 15 is 0 Å². The lowest BCUT2D eigenvalue weighted by Crippen LogP contribution is -2.47. The third-order valence-electron chi connectivity index (χ3n) is 5.38. The molecule has 0 amide bonds. The molecule has 2 aliphatic heterocycles. The number of aliphatic hydroxyl groups is 1. The molecular formula is C19H24F2N4O2. The van der Waals surface area contributed by atoms with Gasteiger partial charge in [0.2, 0.25) is 0 Å². The molecular weight excluding hydrogens is 354 g/mol. The molecule has 6 nitrogen and oxygen atoms in total. The number of aromatic nitrogens is 2. The minimum atomic E-state index is -0.646. The minimum absolute atomic E-state index is 0.0975. The number of hydrogen-bond donors (Lipinski definition) is 2. The van der Waals surface area contributed by atoms with Gasteiger partial charge in [0.15, 0.2) is 0 Å². The quantitative estimate of drug-likeness (QED) is 0.847. The number of fused-ring (bicyclic) bond motifs is 1. The van der Waals surface area contributed by atoms with E-state index in [2.05, 4.69) is 10.00 Å². The van der Waals surface area contributed by atoms with Crippen LogP contribution in [0.2, 0.25) is 0 Å². The number of aliphatic hydroxyl groups excluding tert-OH is 1. The highest BCUT2D eigenvalue weighted by atomic mass is 19.1. The normalized spacial score (nSPS) is 26.9. The van der Waals surface area contributed by atoms with Gasteiger partial charge in [-0.25, -0.2) is 8.78 Å². The summed E-state index contributed by atoms with van der Waals surface area (Å²) in [5.41, 5.74) is 8.69. The smallest absolute Gasteiger partial charge is 0.129 e. The van der Waals surface area contributed by atoms with Crippen LogP contribution in [0, 0.1) is 11.6 Å². The predicted molar refractivity (Wildman–Crippen MR) is 94.6 cm³/mol. The van der Waals surface area contributed by atoms with Crippen molar-refractivity contribution in [2.75, 3.05) is 6.61 Å². The SMILES string of the molecule is C[C@@H](O)Cn1ncc2c1CN([C@H]1CO[C@H](c3cc(F)ccc3F)[C@@H](N)C1)C2. The Balaban J connectivity index is 1.43. The molecule has 27 heavy (non-hydrogen) atoms. The molecule has 2 aliphatic rings. The first-order valence-electron chi connectivity index (χ1n) is 9.20. The van der Waals surface area contributed by atoms with Crippen molar-refractivity contribution >= 4 is 0 Å². The predicted octanol–water partition coefficient (Wildman–Crippen LogP) is 1.72. The number of benzene rings is 1. The second-order valence-corrected chi connectivity index (χ2v) is 7.53. The van der Waals surface area contributed by atoms with Gasteiger partial charge in [0.05, 0.1) is 31.1 Å². The van der Waals surface area contributed by atoms with E-state index in [0.29, 0.717) is 26.1 Å². The third-order valence-corrected chi connectivity index (χ3v) is 5.38. The summed E-state index contributed by atoms with van der Waals surface area (Å²) in [5.74, 6) is -0.996. The molecule has 1 aromatic carbocycles. The van der Waals surface area contributed by atoms with Crippen molar-refractivity contribution in [3.8, 4) is 0 Å². The Bertz CT molecular complexity index is 826. The van der Waals surface area contributed by atoms with Crippen molar-refractivity contribution in [3.05, 3.63) is 52.9 Å². The van der Waals surface area contributed by atoms with E-state index in [-0.39, 0.29) is 11.6 Å². The zero-order chi connectivity index (χ0) is 19.1. The van der Waals surface area contributed by atoms with E-state index in [1.54, 1.807) is 6.92 Å². The van der Waals surface area contributed by atoms with Gasteiger partial charge in [-0.15, -0.1) is 0 Å². The Morgan fingerprint density at radius 3 is 2.93 bits per heavy atom. The fourth-order valence-electron chi connectivity index (χ4n) is 4.05. The monoisotopic (exact) mass is 378 g/mol. The molecule has 4 atom stereocenters. The van der Waals surface area contributed by atoms with Crippen LogP contribution in [0.25, 0.3) is 0 Å². The van der Waals surface area contributed by atoms with Gasteiger partial charge in [0, 0.05) is 36.3 Å². The fraction of sp³-hybridized carbons (Fsp3) is 0.526. The molecule has 0 spiro atoms. The number of nitrogens with zero attached hydrogens (tertiary/aromatic N) is 3. The summed E-state index contributed by atoms with van der Waals surface area (Å²) in [7, 11) is 0. The van der Waals surface area contributed by atoms with Crippen LogP contribution in [0.3, 0.4) is 0 Å². The maximum atomic E-state index is 14.1. The van der Waals surface area contributed by atoms with E-state index in [1.807, 2.05) is 10.9 Å². The summed E-state index contributed by atoms with van der Waals surface area (Å²) in [5, 5.41) is 14.0. The Kier molecular flexibility index (Phi) is 4.98. The molecule has 8 heteroatoms. The molecule has 0 radical (unpaired) electrons. The van der Waals surface area contributed by atoms with Crippen molar-refractivity contribution < 1.29 is 18.6 Å². The van der Waals surface area contributed by atoms with Crippen LogP contribution in [-0.4, -0.2) is 44.6 Å². The molecule has 0 unspecified atom stereocenters. The maximum absolute atomic E-state index is 14.1. The van der Waals surface area contributed by atoms with E-state index in [0.717, 1.165) is 36.0 Å². The van der Waals surface area contributed by atoms with Gasteiger partial charge >= 0.3 is 0 Å². The van der Waals surface area contributed by atoms with Gasteiger partial charge < -0.3 is 15.6 Å². The van der Waals surface area contributed by atoms with Gasteiger partial charge in [0.1, 0.15) is 17.7 Å². The van der Waals surface area contributed by atoms with E-state index in [1.165, 1.54) is 0 Å². The van der Waals surface area contributed by atoms with Crippen LogP contribution < -0.4 is 5.73 Å². The Morgan fingerprint density at radius 1 is 1.37 bits per heavy atom. The molecule has 1 fully saturated rings. The molecule has 1 aromatic heterocycles. The first kappa shape index (κ1) is 18.5. The molecule has 0 aliphatic carbocycles. The number of rotatable bonds is 4. The summed E-state index contributed by atoms with van der Waals surface area (Å²) in [4.78, 5) is 2.27. The van der Waals surface area contributed by atoms with Crippen LogP contribution in [0.1, 0.15) is 36.3 Å². The van der Waals surface area contributed by atoms with Crippen LogP contribution in [-0.2, 0) is 24.4 Å². The van der Waals surface area contributed by atoms with Gasteiger partial charge in [0.25, 0.3) is 0 Å². The highest BCUT2D eigenvalue weighted by Crippen LogP contribution is 2.34. The summed E-state index contributed by atoms with van der Waals surface area (Å²) >= 11 is 0. The van der Waals surface area contributed by atoms with Crippen LogP contribution in [0.5, 0.6) is 0 Å². The molecule has 1 saturated heterocycles. The molecule has 3 heterocycles. The minimum Gasteiger partial charge on any atom is -0.391 e. The maximum Gasteiger partial charge on any atom is 0.129 e. The van der Waals surface area contributed by atoms with E-state index in [9.17, 15) is 13.9 Å². The van der Waals surface area contributed by atoms with Crippen LogP contribution >= 0.6 is 0 Å². The highest BCUT2D eigenvalue weighted by Gasteiger charge is 2.37. The Labute approximate surface area is 156 Å². The second-order valence-electron chi connectivity index (χ2n) is 7.53. The summed E-state index contributed by atoms with van der Waals surface area (Å²) in [6.07, 6.45) is 1.37. The lowest BCUT2D eigenvalue weighted by atomic mass is 9.93. The number of halogens is 2. The molecule has 0 bridgehead atoms. The molecule has 0 saturated carbocycles. The highest BCUT2D eigenvalue weighted by molar-refractivity contribution is 5.25. The van der Waals surface area contributed by atoms with Crippen molar-refractivity contribution in [2.24, 2.45) is 5.73 Å². The fourth-order valence-corrected chi connectivity index (χ4v) is 4.05. The second kappa shape index (κ2) is 7.27. The van der Waals surface area contributed by atoms with Crippen molar-refractivity contribution in [2.45, 2.75) is 57.3 Å². The summed E-state index contributed by atoms with van der Waals surface area (Å²) in [6, 6.07) is 3.04. The van der Waals surface area contributed by atoms with Crippen molar-refractivity contribution in [3.63, 3.8) is 0 Å². The van der Waals surface area contributed by atoms with Crippen LogP contribution in [0.15, 0.2) is 24.4 Å². The van der Waals surface area contributed by atoms with Gasteiger partial charge in [-0.1, -0.05) is 0 Å². The molecule has 3 N–H and O–H groups in total. The average Bonchev–Trinajstić information content (AvgIpc) is 3.19. The number of nitrogens with two attached hydrogens (primary N) is 1. The summed E-state index contributed by atoms with van der Waals surface area (Å²) in [6.45, 7) is 4.06. The topological polar surface area (TPSA) is 76.5 Å². The van der Waals surface area contributed by atoms with E-state index < -0.39 is 29.9 Å². The zero-order valence-corrected chi connectivity index (χ0v) is 15.2. The van der Waals surface area contributed by atoms with Gasteiger partial charge in [-0.05, 0) is 31.5 Å².